The Morgan fingerprint density at radius 1 is 1.38 bits per heavy atom. The first-order chi connectivity index (χ1) is 11.5. The number of fused-ring (bicyclic) bond motifs is 1. The molecule has 1 aliphatic rings. The van der Waals surface area contributed by atoms with Gasteiger partial charge in [0.25, 0.3) is 0 Å². The molecule has 3 rings (SSSR count). The second-order valence-corrected chi connectivity index (χ2v) is 8.04. The summed E-state index contributed by atoms with van der Waals surface area (Å²) in [5.74, 6) is 0.159. The number of hydrogen-bond donors (Lipinski definition) is 0. The Balaban J connectivity index is 1.64. The number of thiophene rings is 1. The molecule has 1 aromatic heterocycles. The van der Waals surface area contributed by atoms with Crippen LogP contribution in [0, 0.1) is 0 Å². The Kier molecular flexibility index (Phi) is 5.50. The Morgan fingerprint density at radius 2 is 2.17 bits per heavy atom. The highest BCUT2D eigenvalue weighted by atomic mass is 35.5. The van der Waals surface area contributed by atoms with Gasteiger partial charge in [-0.1, -0.05) is 29.3 Å². The SMILES string of the molecule is CC(c1ccc(Cl)cc1Cl)N(C)CC(=O)N1CCc2sccc2C1. The molecule has 1 unspecified atom stereocenters. The highest BCUT2D eigenvalue weighted by Gasteiger charge is 2.24. The summed E-state index contributed by atoms with van der Waals surface area (Å²) in [7, 11) is 1.95. The average Bonchev–Trinajstić information content (AvgIpc) is 3.01. The second kappa shape index (κ2) is 7.44. The van der Waals surface area contributed by atoms with Crippen LogP contribution in [0.25, 0.3) is 0 Å². The lowest BCUT2D eigenvalue weighted by Crippen LogP contribution is -2.42. The van der Waals surface area contributed by atoms with Crippen molar-refractivity contribution >= 4 is 40.4 Å². The highest BCUT2D eigenvalue weighted by Crippen LogP contribution is 2.29. The van der Waals surface area contributed by atoms with Crippen molar-refractivity contribution in [2.75, 3.05) is 20.1 Å². The normalized spacial score (nSPS) is 15.5. The van der Waals surface area contributed by atoms with E-state index >= 15 is 0 Å². The maximum absolute atomic E-state index is 12.6. The van der Waals surface area contributed by atoms with Crippen LogP contribution in [0.3, 0.4) is 0 Å². The molecule has 2 heterocycles. The van der Waals surface area contributed by atoms with Crippen molar-refractivity contribution in [1.82, 2.24) is 9.80 Å². The average molecular weight is 383 g/mol. The maximum atomic E-state index is 12.6. The Labute approximate surface area is 156 Å². The van der Waals surface area contributed by atoms with Gasteiger partial charge in [-0.05, 0) is 55.1 Å². The summed E-state index contributed by atoms with van der Waals surface area (Å²) < 4.78 is 0. The van der Waals surface area contributed by atoms with Gasteiger partial charge in [-0.2, -0.15) is 0 Å². The van der Waals surface area contributed by atoms with Crippen molar-refractivity contribution in [2.24, 2.45) is 0 Å². The van der Waals surface area contributed by atoms with Gasteiger partial charge >= 0.3 is 0 Å². The predicted octanol–water partition coefficient (Wildman–Crippen LogP) is 4.63. The van der Waals surface area contributed by atoms with E-state index in [1.54, 1.807) is 17.4 Å². The molecular weight excluding hydrogens is 363 g/mol. The van der Waals surface area contributed by atoms with Gasteiger partial charge in [-0.3, -0.25) is 9.69 Å². The first-order valence-corrected chi connectivity index (χ1v) is 9.57. The quantitative estimate of drug-likeness (QED) is 0.769. The van der Waals surface area contributed by atoms with E-state index in [0.717, 1.165) is 25.1 Å². The molecule has 1 aliphatic heterocycles. The zero-order chi connectivity index (χ0) is 17.3. The van der Waals surface area contributed by atoms with Gasteiger partial charge in [0.15, 0.2) is 0 Å². The van der Waals surface area contributed by atoms with Crippen LogP contribution in [0.4, 0.5) is 0 Å². The standard InChI is InChI=1S/C18H20Cl2N2OS/c1-12(15-4-3-14(19)9-16(15)20)21(2)11-18(23)22-7-5-17-13(10-22)6-8-24-17/h3-4,6,8-9,12H,5,7,10-11H2,1-2H3. The zero-order valence-electron chi connectivity index (χ0n) is 13.8. The van der Waals surface area contributed by atoms with Crippen LogP contribution in [0.5, 0.6) is 0 Å². The van der Waals surface area contributed by atoms with Crippen molar-refractivity contribution in [2.45, 2.75) is 25.9 Å². The Hall–Kier alpha value is -1.07. The molecule has 0 saturated heterocycles. The summed E-state index contributed by atoms with van der Waals surface area (Å²) in [6.45, 7) is 3.95. The molecule has 0 saturated carbocycles. The number of carbonyl (C=O) groups excluding carboxylic acids is 1. The highest BCUT2D eigenvalue weighted by molar-refractivity contribution is 7.10. The molecule has 1 atom stereocenters. The molecule has 0 fully saturated rings. The minimum atomic E-state index is 0.0419. The minimum absolute atomic E-state index is 0.0419. The van der Waals surface area contributed by atoms with Crippen LogP contribution >= 0.6 is 34.5 Å². The van der Waals surface area contributed by atoms with Gasteiger partial charge in [-0.15, -0.1) is 11.3 Å². The van der Waals surface area contributed by atoms with Crippen LogP contribution in [-0.4, -0.2) is 35.8 Å². The number of amides is 1. The fourth-order valence-electron chi connectivity index (χ4n) is 2.99. The molecule has 0 radical (unpaired) electrons. The molecule has 0 spiro atoms. The third-order valence-corrected chi connectivity index (χ3v) is 6.20. The van der Waals surface area contributed by atoms with E-state index in [1.807, 2.05) is 29.0 Å². The monoisotopic (exact) mass is 382 g/mol. The smallest absolute Gasteiger partial charge is 0.237 e. The molecule has 1 aromatic carbocycles. The van der Waals surface area contributed by atoms with E-state index in [0.29, 0.717) is 16.6 Å². The van der Waals surface area contributed by atoms with E-state index in [9.17, 15) is 4.79 Å². The minimum Gasteiger partial charge on any atom is -0.337 e. The van der Waals surface area contributed by atoms with Crippen LogP contribution in [0.1, 0.15) is 29.0 Å². The van der Waals surface area contributed by atoms with E-state index in [1.165, 1.54) is 10.4 Å². The van der Waals surface area contributed by atoms with Gasteiger partial charge in [-0.25, -0.2) is 0 Å². The lowest BCUT2D eigenvalue weighted by atomic mass is 10.1. The number of halogens is 2. The summed E-state index contributed by atoms with van der Waals surface area (Å²) in [5, 5.41) is 3.36. The van der Waals surface area contributed by atoms with E-state index in [-0.39, 0.29) is 11.9 Å². The molecule has 1 amide bonds. The predicted molar refractivity (Wildman–Crippen MR) is 101 cm³/mol. The summed E-state index contributed by atoms with van der Waals surface area (Å²) in [5.41, 5.74) is 2.27. The summed E-state index contributed by atoms with van der Waals surface area (Å²) >= 11 is 14.0. The van der Waals surface area contributed by atoms with Crippen molar-refractivity contribution < 1.29 is 4.79 Å². The number of likely N-dealkylation sites (N-methyl/N-ethyl adjacent to an activating group) is 1. The van der Waals surface area contributed by atoms with Gasteiger partial charge < -0.3 is 4.90 Å². The van der Waals surface area contributed by atoms with Crippen LogP contribution in [0.15, 0.2) is 29.6 Å². The third kappa shape index (κ3) is 3.77. The van der Waals surface area contributed by atoms with Crippen molar-refractivity contribution in [1.29, 1.82) is 0 Å². The number of nitrogens with zero attached hydrogens (tertiary/aromatic N) is 2. The Morgan fingerprint density at radius 3 is 2.92 bits per heavy atom. The van der Waals surface area contributed by atoms with Gasteiger partial charge in [0, 0.05) is 34.1 Å². The second-order valence-electron chi connectivity index (χ2n) is 6.19. The molecule has 0 bridgehead atoms. The number of carbonyl (C=O) groups is 1. The van der Waals surface area contributed by atoms with Crippen LogP contribution in [0.2, 0.25) is 10.0 Å². The fraction of sp³-hybridized carbons (Fsp3) is 0.389. The number of hydrogen-bond acceptors (Lipinski definition) is 3. The Bertz CT molecular complexity index is 746. The first kappa shape index (κ1) is 17.7. The van der Waals surface area contributed by atoms with Gasteiger partial charge in [0.1, 0.15) is 0 Å². The van der Waals surface area contributed by atoms with E-state index < -0.39 is 0 Å². The number of rotatable bonds is 4. The molecule has 0 N–H and O–H groups in total. The van der Waals surface area contributed by atoms with E-state index in [2.05, 4.69) is 18.4 Å². The maximum Gasteiger partial charge on any atom is 0.237 e. The van der Waals surface area contributed by atoms with Gasteiger partial charge in [0.2, 0.25) is 5.91 Å². The van der Waals surface area contributed by atoms with Crippen molar-refractivity contribution in [3.8, 4) is 0 Å². The molecule has 6 heteroatoms. The lowest BCUT2D eigenvalue weighted by molar-refractivity contribution is -0.133. The topological polar surface area (TPSA) is 23.6 Å². The van der Waals surface area contributed by atoms with Crippen molar-refractivity contribution in [3.05, 3.63) is 55.7 Å². The van der Waals surface area contributed by atoms with Crippen molar-refractivity contribution in [3.63, 3.8) is 0 Å². The molecule has 128 valence electrons. The molecule has 0 aliphatic carbocycles. The lowest BCUT2D eigenvalue weighted by Gasteiger charge is -2.31. The fourth-order valence-corrected chi connectivity index (χ4v) is 4.45. The molecule has 24 heavy (non-hydrogen) atoms. The molecular formula is C18H20Cl2N2OS. The van der Waals surface area contributed by atoms with E-state index in [4.69, 9.17) is 23.2 Å². The number of benzene rings is 1. The molecule has 3 nitrogen and oxygen atoms in total. The summed E-state index contributed by atoms with van der Waals surface area (Å²) in [6, 6.07) is 7.67. The van der Waals surface area contributed by atoms with Crippen LogP contribution < -0.4 is 0 Å². The third-order valence-electron chi connectivity index (χ3n) is 4.62. The van der Waals surface area contributed by atoms with Crippen LogP contribution in [-0.2, 0) is 17.8 Å². The first-order valence-electron chi connectivity index (χ1n) is 7.94. The molecule has 2 aromatic rings. The summed E-state index contributed by atoms with van der Waals surface area (Å²) in [4.78, 5) is 18.0. The largest absolute Gasteiger partial charge is 0.337 e. The zero-order valence-corrected chi connectivity index (χ0v) is 16.1. The summed E-state index contributed by atoms with van der Waals surface area (Å²) in [6.07, 6.45) is 0.959. The van der Waals surface area contributed by atoms with Gasteiger partial charge in [0.05, 0.1) is 6.54 Å².